The highest BCUT2D eigenvalue weighted by Crippen LogP contribution is 2.33. The van der Waals surface area contributed by atoms with Crippen molar-refractivity contribution in [3.05, 3.63) is 71.8 Å². The quantitative estimate of drug-likeness (QED) is 0.452. The van der Waals surface area contributed by atoms with Crippen LogP contribution >= 0.6 is 11.8 Å². The van der Waals surface area contributed by atoms with Gasteiger partial charge in [0.05, 0.1) is 0 Å². The summed E-state index contributed by atoms with van der Waals surface area (Å²) in [4.78, 5) is 39.0. The molecule has 0 aliphatic carbocycles. The van der Waals surface area contributed by atoms with Gasteiger partial charge in [-0.25, -0.2) is 4.79 Å². The first-order valence-corrected chi connectivity index (χ1v) is 11.3. The number of rotatable bonds is 10. The highest BCUT2D eigenvalue weighted by Gasteiger charge is 2.52. The molecule has 1 atom stereocenters. The van der Waals surface area contributed by atoms with Gasteiger partial charge >= 0.3 is 6.03 Å². The van der Waals surface area contributed by atoms with Gasteiger partial charge in [0.1, 0.15) is 12.1 Å². The van der Waals surface area contributed by atoms with Gasteiger partial charge in [-0.2, -0.15) is 11.8 Å². The van der Waals surface area contributed by atoms with Crippen molar-refractivity contribution in [3.63, 3.8) is 0 Å². The van der Waals surface area contributed by atoms with Crippen LogP contribution in [0.2, 0.25) is 0 Å². The normalized spacial score (nSPS) is 18.4. The number of nitrogens with one attached hydrogen (secondary N) is 2. The van der Waals surface area contributed by atoms with Crippen LogP contribution in [0.3, 0.4) is 0 Å². The molecule has 3 rings (SSSR count). The summed E-state index contributed by atoms with van der Waals surface area (Å²) >= 11 is 1.72. The molecule has 4 amide bonds. The molecule has 1 heterocycles. The Morgan fingerprint density at radius 3 is 2.40 bits per heavy atom. The SMILES string of the molecule is CCC[C@@]1(c2ccccc2)NC(=O)N(CC(=O)NCCSCc2ccccc2)C1=O. The topological polar surface area (TPSA) is 78.5 Å². The highest BCUT2D eigenvalue weighted by atomic mass is 32.2. The molecular formula is C23H27N3O3S. The number of urea groups is 1. The van der Waals surface area contributed by atoms with Crippen molar-refractivity contribution in [2.45, 2.75) is 31.1 Å². The maximum absolute atomic E-state index is 13.2. The molecule has 0 aromatic heterocycles. The molecule has 2 aromatic carbocycles. The van der Waals surface area contributed by atoms with Gasteiger partial charge in [0.25, 0.3) is 5.91 Å². The summed E-state index contributed by atoms with van der Waals surface area (Å²) in [5, 5.41) is 5.64. The van der Waals surface area contributed by atoms with Gasteiger partial charge in [-0.15, -0.1) is 0 Å². The molecule has 0 radical (unpaired) electrons. The van der Waals surface area contributed by atoms with Crippen LogP contribution in [-0.2, 0) is 20.9 Å². The molecule has 0 unspecified atom stereocenters. The first-order valence-electron chi connectivity index (χ1n) is 10.1. The van der Waals surface area contributed by atoms with Gasteiger partial charge in [0.15, 0.2) is 0 Å². The number of hydrogen-bond acceptors (Lipinski definition) is 4. The molecule has 1 saturated heterocycles. The monoisotopic (exact) mass is 425 g/mol. The van der Waals surface area contributed by atoms with Crippen molar-refractivity contribution in [2.24, 2.45) is 0 Å². The summed E-state index contributed by atoms with van der Waals surface area (Å²) < 4.78 is 0. The number of nitrogens with zero attached hydrogens (tertiary/aromatic N) is 1. The molecule has 2 N–H and O–H groups in total. The molecule has 1 aliphatic heterocycles. The van der Waals surface area contributed by atoms with E-state index < -0.39 is 11.6 Å². The minimum Gasteiger partial charge on any atom is -0.354 e. The fourth-order valence-electron chi connectivity index (χ4n) is 3.60. The predicted octanol–water partition coefficient (Wildman–Crippen LogP) is 3.28. The zero-order valence-electron chi connectivity index (χ0n) is 17.1. The summed E-state index contributed by atoms with van der Waals surface area (Å²) in [5.41, 5.74) is 0.880. The number of thioether (sulfide) groups is 1. The van der Waals surface area contributed by atoms with Crippen LogP contribution in [0.4, 0.5) is 4.79 Å². The number of amides is 4. The number of benzene rings is 2. The lowest BCUT2D eigenvalue weighted by Gasteiger charge is -2.26. The van der Waals surface area contributed by atoms with Crippen LogP contribution in [0.15, 0.2) is 60.7 Å². The largest absolute Gasteiger partial charge is 0.354 e. The fourth-order valence-corrected chi connectivity index (χ4v) is 4.42. The summed E-state index contributed by atoms with van der Waals surface area (Å²) in [5.74, 6) is 0.929. The molecule has 0 spiro atoms. The van der Waals surface area contributed by atoms with Gasteiger partial charge in [-0.05, 0) is 17.5 Å². The molecule has 0 saturated carbocycles. The van der Waals surface area contributed by atoms with E-state index in [1.165, 1.54) is 5.56 Å². The standard InChI is InChI=1S/C23H27N3O3S/c1-2-13-23(19-11-7-4-8-12-19)21(28)26(22(29)25-23)16-20(27)24-14-15-30-17-18-9-5-3-6-10-18/h3-12H,2,13-17H2,1H3,(H,24,27)(H,25,29)/t23-/m0/s1. The van der Waals surface area contributed by atoms with Crippen LogP contribution in [-0.4, -0.2) is 41.6 Å². The summed E-state index contributed by atoms with van der Waals surface area (Å²) in [6.07, 6.45) is 1.20. The summed E-state index contributed by atoms with van der Waals surface area (Å²) in [6.45, 7) is 2.18. The Bertz CT molecular complexity index is 876. The van der Waals surface area contributed by atoms with E-state index in [-0.39, 0.29) is 18.4 Å². The minimum atomic E-state index is -1.10. The van der Waals surface area contributed by atoms with Crippen molar-refractivity contribution >= 4 is 29.6 Å². The third-order valence-corrected chi connectivity index (χ3v) is 6.08. The maximum atomic E-state index is 13.2. The Labute approximate surface area is 181 Å². The van der Waals surface area contributed by atoms with E-state index in [0.29, 0.717) is 13.0 Å². The maximum Gasteiger partial charge on any atom is 0.325 e. The van der Waals surface area contributed by atoms with E-state index >= 15 is 0 Å². The van der Waals surface area contributed by atoms with Crippen molar-refractivity contribution in [1.82, 2.24) is 15.5 Å². The molecule has 0 bridgehead atoms. The molecule has 158 valence electrons. The van der Waals surface area contributed by atoms with Crippen LogP contribution in [0.25, 0.3) is 0 Å². The Kier molecular flexibility index (Phi) is 7.52. The summed E-state index contributed by atoms with van der Waals surface area (Å²) in [6, 6.07) is 18.8. The molecule has 2 aromatic rings. The molecule has 1 aliphatic rings. The third kappa shape index (κ3) is 5.02. The molecule has 6 nitrogen and oxygen atoms in total. The lowest BCUT2D eigenvalue weighted by Crippen LogP contribution is -2.45. The van der Waals surface area contributed by atoms with Gasteiger partial charge in [0.2, 0.25) is 5.91 Å². The summed E-state index contributed by atoms with van der Waals surface area (Å²) in [7, 11) is 0. The zero-order chi connectivity index (χ0) is 21.4. The van der Waals surface area contributed by atoms with Crippen molar-refractivity contribution < 1.29 is 14.4 Å². The van der Waals surface area contributed by atoms with E-state index in [1.54, 1.807) is 11.8 Å². The molecule has 30 heavy (non-hydrogen) atoms. The van der Waals surface area contributed by atoms with E-state index in [4.69, 9.17) is 0 Å². The van der Waals surface area contributed by atoms with Gasteiger partial charge in [0, 0.05) is 18.1 Å². The molecular weight excluding hydrogens is 398 g/mol. The first kappa shape index (κ1) is 21.9. The number of carbonyl (C=O) groups is 3. The van der Waals surface area contributed by atoms with Crippen LogP contribution in [0, 0.1) is 0 Å². The second-order valence-electron chi connectivity index (χ2n) is 7.23. The minimum absolute atomic E-state index is 0.272. The van der Waals surface area contributed by atoms with E-state index in [2.05, 4.69) is 22.8 Å². The van der Waals surface area contributed by atoms with Crippen molar-refractivity contribution in [3.8, 4) is 0 Å². The average Bonchev–Trinajstić information content (AvgIpc) is 3.00. The third-order valence-electron chi connectivity index (χ3n) is 5.05. The zero-order valence-corrected chi connectivity index (χ0v) is 17.9. The average molecular weight is 426 g/mol. The predicted molar refractivity (Wildman–Crippen MR) is 119 cm³/mol. The molecule has 7 heteroatoms. The lowest BCUT2D eigenvalue weighted by atomic mass is 9.85. The van der Waals surface area contributed by atoms with Crippen molar-refractivity contribution in [2.75, 3.05) is 18.8 Å². The van der Waals surface area contributed by atoms with Crippen LogP contribution in [0.5, 0.6) is 0 Å². The number of hydrogen-bond donors (Lipinski definition) is 2. The fraction of sp³-hybridized carbons (Fsp3) is 0.348. The van der Waals surface area contributed by atoms with Gasteiger partial charge < -0.3 is 10.6 Å². The van der Waals surface area contributed by atoms with Crippen molar-refractivity contribution in [1.29, 1.82) is 0 Å². The first-order chi connectivity index (χ1) is 14.6. The van der Waals surface area contributed by atoms with Gasteiger partial charge in [-0.3, -0.25) is 14.5 Å². The van der Waals surface area contributed by atoms with Gasteiger partial charge in [-0.1, -0.05) is 74.0 Å². The van der Waals surface area contributed by atoms with E-state index in [9.17, 15) is 14.4 Å². The second-order valence-corrected chi connectivity index (χ2v) is 8.34. The Morgan fingerprint density at radius 1 is 1.07 bits per heavy atom. The Balaban J connectivity index is 1.52. The smallest absolute Gasteiger partial charge is 0.325 e. The number of imide groups is 1. The lowest BCUT2D eigenvalue weighted by molar-refractivity contribution is -0.135. The second kappa shape index (κ2) is 10.3. The Hall–Kier alpha value is -2.80. The van der Waals surface area contributed by atoms with Crippen LogP contribution < -0.4 is 10.6 Å². The number of carbonyl (C=O) groups excluding carboxylic acids is 3. The molecule has 1 fully saturated rings. The highest BCUT2D eigenvalue weighted by molar-refractivity contribution is 7.98. The van der Waals surface area contributed by atoms with E-state index in [1.807, 2.05) is 55.5 Å². The van der Waals surface area contributed by atoms with Crippen LogP contribution in [0.1, 0.15) is 30.9 Å². The Morgan fingerprint density at radius 2 is 1.73 bits per heavy atom. The van der Waals surface area contributed by atoms with E-state index in [0.717, 1.165) is 28.4 Å².